The lowest BCUT2D eigenvalue weighted by atomic mass is 10.1. The third kappa shape index (κ3) is 9.48. The predicted octanol–water partition coefficient (Wildman–Crippen LogP) is 3.96. The van der Waals surface area contributed by atoms with Crippen LogP contribution in [0.4, 0.5) is 4.79 Å². The van der Waals surface area contributed by atoms with Gasteiger partial charge in [0, 0.05) is 31.8 Å². The van der Waals surface area contributed by atoms with Gasteiger partial charge in [-0.3, -0.25) is 4.90 Å². The highest BCUT2D eigenvalue weighted by atomic mass is 16.6. The predicted molar refractivity (Wildman–Crippen MR) is 98.4 cm³/mol. The van der Waals surface area contributed by atoms with Gasteiger partial charge in [0.05, 0.1) is 6.61 Å². The van der Waals surface area contributed by atoms with Crippen LogP contribution in [0, 0.1) is 0 Å². The van der Waals surface area contributed by atoms with E-state index < -0.39 is 0 Å². The van der Waals surface area contributed by atoms with Crippen LogP contribution in [0.3, 0.4) is 0 Å². The first-order chi connectivity index (χ1) is 11.5. The molecule has 2 atom stereocenters. The maximum atomic E-state index is 12.0. The number of nitrogens with one attached hydrogen (secondary N) is 1. The van der Waals surface area contributed by atoms with Crippen LogP contribution in [-0.4, -0.2) is 55.5 Å². The highest BCUT2D eigenvalue weighted by Crippen LogP contribution is 2.30. The molecule has 5 heteroatoms. The summed E-state index contributed by atoms with van der Waals surface area (Å²) in [4.78, 5) is 14.3. The quantitative estimate of drug-likeness (QED) is 0.383. The molecule has 0 spiro atoms. The molecule has 0 aromatic rings. The normalized spacial score (nSPS) is 19.8. The average Bonchev–Trinajstić information content (AvgIpc) is 3.13. The third-order valence-corrected chi connectivity index (χ3v) is 4.52. The van der Waals surface area contributed by atoms with Crippen LogP contribution in [0.25, 0.3) is 0 Å². The van der Waals surface area contributed by atoms with Crippen molar-refractivity contribution >= 4 is 6.09 Å². The number of hydrogen-bond donors (Lipinski definition) is 1. The molecule has 1 N–H and O–H groups in total. The second kappa shape index (κ2) is 11.7. The zero-order chi connectivity index (χ0) is 17.8. The van der Waals surface area contributed by atoms with Gasteiger partial charge in [0.25, 0.3) is 0 Å². The minimum Gasteiger partial charge on any atom is -0.442 e. The van der Waals surface area contributed by atoms with Crippen LogP contribution in [0.2, 0.25) is 0 Å². The van der Waals surface area contributed by atoms with Crippen molar-refractivity contribution in [3.05, 3.63) is 0 Å². The smallest absolute Gasteiger partial charge is 0.407 e. The molecular formula is C19H38N2O3. The number of carbonyl (C=O) groups is 1. The van der Waals surface area contributed by atoms with Gasteiger partial charge in [-0.25, -0.2) is 4.79 Å². The minimum atomic E-state index is -0.311. The van der Waals surface area contributed by atoms with Crippen LogP contribution in [-0.2, 0) is 9.47 Å². The van der Waals surface area contributed by atoms with Crippen LogP contribution < -0.4 is 5.32 Å². The molecule has 1 saturated heterocycles. The van der Waals surface area contributed by atoms with E-state index in [-0.39, 0.29) is 17.7 Å². The second-order valence-corrected chi connectivity index (χ2v) is 7.49. The summed E-state index contributed by atoms with van der Waals surface area (Å²) >= 11 is 0. The summed E-state index contributed by atoms with van der Waals surface area (Å²) in [6.07, 6.45) is 7.60. The molecular weight excluding hydrogens is 304 g/mol. The first-order valence-corrected chi connectivity index (χ1v) is 9.77. The van der Waals surface area contributed by atoms with E-state index in [1.807, 2.05) is 0 Å². The highest BCUT2D eigenvalue weighted by Gasteiger charge is 2.44. The van der Waals surface area contributed by atoms with Crippen molar-refractivity contribution in [1.82, 2.24) is 10.2 Å². The minimum absolute atomic E-state index is 0.191. The lowest BCUT2D eigenvalue weighted by Gasteiger charge is -2.20. The largest absolute Gasteiger partial charge is 0.442 e. The Kier molecular flexibility index (Phi) is 10.3. The molecule has 2 unspecified atom stereocenters. The molecule has 1 fully saturated rings. The Morgan fingerprint density at radius 1 is 1.12 bits per heavy atom. The van der Waals surface area contributed by atoms with Gasteiger partial charge < -0.3 is 14.8 Å². The molecule has 1 aliphatic heterocycles. The Balaban J connectivity index is 2.22. The number of unbranched alkanes of at least 4 members (excludes halogenated alkanes) is 5. The van der Waals surface area contributed by atoms with E-state index in [0.29, 0.717) is 13.2 Å². The standard InChI is InChI=1S/C19H38N2O3/c1-5-7-9-10-11-12-20-18(22)24-17(15-23-13-8-6-2)14-21-16-19(21,3)4/h17H,5-16H2,1-4H3,(H,20,22). The molecule has 0 aliphatic carbocycles. The summed E-state index contributed by atoms with van der Waals surface area (Å²) in [6, 6.07) is 0. The van der Waals surface area contributed by atoms with E-state index >= 15 is 0 Å². The molecule has 0 bridgehead atoms. The van der Waals surface area contributed by atoms with E-state index in [1.54, 1.807) is 0 Å². The molecule has 0 aromatic carbocycles. The molecule has 1 aliphatic rings. The zero-order valence-corrected chi connectivity index (χ0v) is 16.2. The maximum absolute atomic E-state index is 12.0. The second-order valence-electron chi connectivity index (χ2n) is 7.49. The molecule has 1 rings (SSSR count). The molecule has 1 heterocycles. The Morgan fingerprint density at radius 2 is 1.79 bits per heavy atom. The fraction of sp³-hybridized carbons (Fsp3) is 0.947. The third-order valence-electron chi connectivity index (χ3n) is 4.52. The summed E-state index contributed by atoms with van der Waals surface area (Å²) in [5.74, 6) is 0. The van der Waals surface area contributed by atoms with Gasteiger partial charge in [-0.15, -0.1) is 0 Å². The van der Waals surface area contributed by atoms with Gasteiger partial charge in [-0.2, -0.15) is 0 Å². The van der Waals surface area contributed by atoms with Crippen molar-refractivity contribution in [3.8, 4) is 0 Å². The number of carbonyl (C=O) groups excluding carboxylic acids is 1. The van der Waals surface area contributed by atoms with Crippen molar-refractivity contribution in [1.29, 1.82) is 0 Å². The van der Waals surface area contributed by atoms with Crippen LogP contribution in [0.1, 0.15) is 72.6 Å². The lowest BCUT2D eigenvalue weighted by Crippen LogP contribution is -2.36. The van der Waals surface area contributed by atoms with Crippen molar-refractivity contribution in [2.45, 2.75) is 84.3 Å². The lowest BCUT2D eigenvalue weighted by molar-refractivity contribution is 0.0113. The monoisotopic (exact) mass is 342 g/mol. The number of nitrogens with zero attached hydrogens (tertiary/aromatic N) is 1. The fourth-order valence-corrected chi connectivity index (χ4v) is 2.69. The summed E-state index contributed by atoms with van der Waals surface area (Å²) in [7, 11) is 0. The molecule has 142 valence electrons. The molecule has 0 aromatic heterocycles. The molecule has 0 radical (unpaired) electrons. The van der Waals surface area contributed by atoms with Crippen LogP contribution in [0.15, 0.2) is 0 Å². The van der Waals surface area contributed by atoms with Crippen molar-refractivity contribution in [3.63, 3.8) is 0 Å². The Hall–Kier alpha value is -0.810. The van der Waals surface area contributed by atoms with Crippen LogP contribution >= 0.6 is 0 Å². The number of amides is 1. The number of hydrogen-bond acceptors (Lipinski definition) is 4. The summed E-state index contributed by atoms with van der Waals surface area (Å²) in [6.45, 7) is 12.5. The SMILES string of the molecule is CCCCCCCNC(=O)OC(COCCCC)CN1CC1(C)C. The Morgan fingerprint density at radius 3 is 2.42 bits per heavy atom. The van der Waals surface area contributed by atoms with E-state index in [1.165, 1.54) is 25.7 Å². The van der Waals surface area contributed by atoms with Gasteiger partial charge in [0.2, 0.25) is 0 Å². The van der Waals surface area contributed by atoms with Gasteiger partial charge in [-0.05, 0) is 26.7 Å². The number of ether oxygens (including phenoxy) is 2. The highest BCUT2D eigenvalue weighted by molar-refractivity contribution is 5.67. The topological polar surface area (TPSA) is 50.6 Å². The van der Waals surface area contributed by atoms with E-state index in [0.717, 1.165) is 39.0 Å². The van der Waals surface area contributed by atoms with Crippen molar-refractivity contribution < 1.29 is 14.3 Å². The van der Waals surface area contributed by atoms with Gasteiger partial charge in [0.1, 0.15) is 6.10 Å². The van der Waals surface area contributed by atoms with Gasteiger partial charge in [0.15, 0.2) is 0 Å². The molecule has 5 nitrogen and oxygen atoms in total. The van der Waals surface area contributed by atoms with E-state index in [9.17, 15) is 4.79 Å². The first-order valence-electron chi connectivity index (χ1n) is 9.77. The van der Waals surface area contributed by atoms with Crippen molar-refractivity contribution in [2.24, 2.45) is 0 Å². The summed E-state index contributed by atoms with van der Waals surface area (Å²) in [5, 5.41) is 2.87. The van der Waals surface area contributed by atoms with Crippen LogP contribution in [0.5, 0.6) is 0 Å². The number of rotatable bonds is 14. The molecule has 1 amide bonds. The molecule has 0 saturated carbocycles. The summed E-state index contributed by atoms with van der Waals surface area (Å²) in [5.41, 5.74) is 0.237. The average molecular weight is 343 g/mol. The van der Waals surface area contributed by atoms with Crippen molar-refractivity contribution in [2.75, 3.05) is 32.8 Å². The Bertz CT molecular complexity index is 348. The Labute approximate surface area is 148 Å². The van der Waals surface area contributed by atoms with Gasteiger partial charge in [-0.1, -0.05) is 46.0 Å². The van der Waals surface area contributed by atoms with E-state index in [2.05, 4.69) is 37.9 Å². The van der Waals surface area contributed by atoms with Gasteiger partial charge >= 0.3 is 6.09 Å². The number of alkyl carbamates (subject to hydrolysis) is 1. The fourth-order valence-electron chi connectivity index (χ4n) is 2.69. The zero-order valence-electron chi connectivity index (χ0n) is 16.2. The maximum Gasteiger partial charge on any atom is 0.407 e. The molecule has 24 heavy (non-hydrogen) atoms. The summed E-state index contributed by atoms with van der Waals surface area (Å²) < 4.78 is 11.3. The van der Waals surface area contributed by atoms with E-state index in [4.69, 9.17) is 9.47 Å². The first kappa shape index (κ1) is 21.2.